The van der Waals surface area contributed by atoms with Gasteiger partial charge in [0, 0.05) is 0 Å². The van der Waals surface area contributed by atoms with Crippen molar-refractivity contribution in [3.8, 4) is 0 Å². The van der Waals surface area contributed by atoms with Crippen LogP contribution in [0, 0.1) is 0 Å². The van der Waals surface area contributed by atoms with Gasteiger partial charge in [0.1, 0.15) is 12.4 Å². The molecule has 0 bridgehead atoms. The molecule has 0 aromatic carbocycles. The van der Waals surface area contributed by atoms with E-state index in [2.05, 4.69) is 22.6 Å². The molecule has 0 aromatic rings. The lowest BCUT2D eigenvalue weighted by Crippen LogP contribution is -1.99. The van der Waals surface area contributed by atoms with E-state index in [-0.39, 0.29) is 24.6 Å². The monoisotopic (exact) mass is 156 g/mol. The summed E-state index contributed by atoms with van der Waals surface area (Å²) in [6, 6.07) is 0. The third kappa shape index (κ3) is 4.90. The Labute approximate surface area is 64.1 Å². The highest BCUT2D eigenvalue weighted by Gasteiger charge is 1.96. The second-order valence-corrected chi connectivity index (χ2v) is 1.63. The van der Waals surface area contributed by atoms with Crippen molar-refractivity contribution in [1.82, 2.24) is 0 Å². The summed E-state index contributed by atoms with van der Waals surface area (Å²) in [5, 5.41) is 0. The average molecular weight is 156 g/mol. The highest BCUT2D eigenvalue weighted by Crippen LogP contribution is 1.99. The number of allylic oxidation sites excluding steroid dienone is 1. The Morgan fingerprint density at radius 3 is 2.45 bits per heavy atom. The fourth-order valence-corrected chi connectivity index (χ4v) is 0.366. The highest BCUT2D eigenvalue weighted by atomic mass is 16.6. The van der Waals surface area contributed by atoms with E-state index in [1.165, 1.54) is 0 Å². The van der Waals surface area contributed by atoms with Gasteiger partial charge in [0.05, 0.1) is 0 Å². The maximum atomic E-state index is 9.94. The molecule has 0 aromatic heterocycles. The Balaban J connectivity index is 3.60. The molecule has 0 rings (SSSR count). The Hall–Kier alpha value is -1.58. The van der Waals surface area contributed by atoms with Gasteiger partial charge in [0.15, 0.2) is 12.0 Å². The minimum Gasteiger partial charge on any atom is -0.460 e. The molecule has 0 atom stereocenters. The molecule has 0 N–H and O–H groups in total. The van der Waals surface area contributed by atoms with Crippen molar-refractivity contribution in [2.75, 3.05) is 6.61 Å². The van der Waals surface area contributed by atoms with Crippen LogP contribution in [-0.4, -0.2) is 19.4 Å². The maximum absolute atomic E-state index is 9.94. The topological polar surface area (TPSA) is 52.6 Å². The summed E-state index contributed by atoms with van der Waals surface area (Å²) in [7, 11) is 0. The van der Waals surface area contributed by atoms with Gasteiger partial charge < -0.3 is 9.47 Å². The van der Waals surface area contributed by atoms with Gasteiger partial charge in [0.2, 0.25) is 0 Å². The maximum Gasteiger partial charge on any atom is 0.293 e. The van der Waals surface area contributed by atoms with Gasteiger partial charge in [0.25, 0.3) is 6.47 Å². The van der Waals surface area contributed by atoms with Gasteiger partial charge in [-0.2, -0.15) is 0 Å². The van der Waals surface area contributed by atoms with Crippen molar-refractivity contribution in [2.24, 2.45) is 0 Å². The van der Waals surface area contributed by atoms with E-state index in [4.69, 9.17) is 0 Å². The molecule has 0 aliphatic rings. The van der Waals surface area contributed by atoms with E-state index < -0.39 is 0 Å². The molecule has 0 saturated heterocycles. The van der Waals surface area contributed by atoms with Crippen LogP contribution in [0.4, 0.5) is 0 Å². The van der Waals surface area contributed by atoms with E-state index >= 15 is 0 Å². The first-order valence-electron chi connectivity index (χ1n) is 2.75. The van der Waals surface area contributed by atoms with E-state index in [1.807, 2.05) is 0 Å². The number of rotatable bonds is 6. The first-order chi connectivity index (χ1) is 5.20. The van der Waals surface area contributed by atoms with Crippen molar-refractivity contribution < 1.29 is 19.1 Å². The summed E-state index contributed by atoms with van der Waals surface area (Å²) in [5.74, 6) is 0.0960. The molecular weight excluding hydrogens is 148 g/mol. The zero-order valence-electron chi connectivity index (χ0n) is 5.91. The molecule has 4 nitrogen and oxygen atoms in total. The number of hydrogen-bond acceptors (Lipinski definition) is 4. The minimum atomic E-state index is -0.0731. The molecule has 0 heterocycles. The van der Waals surface area contributed by atoms with Crippen LogP contribution in [0.15, 0.2) is 24.7 Å². The van der Waals surface area contributed by atoms with E-state index in [9.17, 15) is 9.59 Å². The molecule has 0 fully saturated rings. The summed E-state index contributed by atoms with van der Waals surface area (Å²) in [6.45, 7) is 6.77. The molecule has 0 radical (unpaired) electrons. The average Bonchev–Trinajstić information content (AvgIpc) is 2.00. The third-order valence-corrected chi connectivity index (χ3v) is 0.719. The number of hydrogen-bond donors (Lipinski definition) is 0. The molecule has 0 unspecified atom stereocenters. The van der Waals surface area contributed by atoms with Gasteiger partial charge in [-0.05, 0) is 0 Å². The van der Waals surface area contributed by atoms with Crippen LogP contribution in [0.3, 0.4) is 0 Å². The SMILES string of the molecule is C=C(C=O)OC(=C)COC=O. The van der Waals surface area contributed by atoms with Crippen LogP contribution in [0.25, 0.3) is 0 Å². The van der Waals surface area contributed by atoms with Gasteiger partial charge in [-0.3, -0.25) is 9.59 Å². The first kappa shape index (κ1) is 9.42. The molecule has 4 heteroatoms. The zero-order valence-corrected chi connectivity index (χ0v) is 5.91. The number of aldehydes is 1. The van der Waals surface area contributed by atoms with Crippen molar-refractivity contribution in [2.45, 2.75) is 0 Å². The highest BCUT2D eigenvalue weighted by molar-refractivity contribution is 5.69. The Morgan fingerprint density at radius 2 is 2.00 bits per heavy atom. The lowest BCUT2D eigenvalue weighted by molar-refractivity contribution is -0.128. The largest absolute Gasteiger partial charge is 0.460 e. The van der Waals surface area contributed by atoms with Crippen molar-refractivity contribution >= 4 is 12.8 Å². The van der Waals surface area contributed by atoms with Gasteiger partial charge in [-0.1, -0.05) is 13.2 Å². The van der Waals surface area contributed by atoms with E-state index in [1.54, 1.807) is 0 Å². The minimum absolute atomic E-state index is 0.0653. The van der Waals surface area contributed by atoms with Gasteiger partial charge in [-0.25, -0.2) is 0 Å². The lowest BCUT2D eigenvalue weighted by atomic mass is 10.5. The van der Waals surface area contributed by atoms with Crippen LogP contribution in [0.5, 0.6) is 0 Å². The van der Waals surface area contributed by atoms with Crippen LogP contribution in [0.1, 0.15) is 0 Å². The predicted molar refractivity (Wildman–Crippen MR) is 37.4 cm³/mol. The predicted octanol–water partition coefficient (Wildman–Crippen LogP) is 0.402. The third-order valence-electron chi connectivity index (χ3n) is 0.719. The van der Waals surface area contributed by atoms with Gasteiger partial charge in [-0.15, -0.1) is 0 Å². The first-order valence-corrected chi connectivity index (χ1v) is 2.75. The van der Waals surface area contributed by atoms with Crippen molar-refractivity contribution in [1.29, 1.82) is 0 Å². The molecule has 60 valence electrons. The molecular formula is C7H8O4. The second kappa shape index (κ2) is 5.22. The van der Waals surface area contributed by atoms with Crippen LogP contribution in [-0.2, 0) is 19.1 Å². The Kier molecular flexibility index (Phi) is 4.47. The van der Waals surface area contributed by atoms with Crippen molar-refractivity contribution in [3.63, 3.8) is 0 Å². The number of carbonyl (C=O) groups is 2. The summed E-state index contributed by atoms with van der Waals surface area (Å²) in [5.41, 5.74) is 0. The lowest BCUT2D eigenvalue weighted by Gasteiger charge is -2.04. The van der Waals surface area contributed by atoms with Crippen LogP contribution >= 0.6 is 0 Å². The number of carbonyl (C=O) groups excluding carboxylic acids is 2. The summed E-state index contributed by atoms with van der Waals surface area (Å²) >= 11 is 0. The number of ether oxygens (including phenoxy) is 2. The van der Waals surface area contributed by atoms with Crippen LogP contribution in [0.2, 0.25) is 0 Å². The normalized spacial score (nSPS) is 8.00. The summed E-state index contributed by atoms with van der Waals surface area (Å²) in [6.07, 6.45) is 0.437. The molecule has 0 aliphatic heterocycles. The summed E-state index contributed by atoms with van der Waals surface area (Å²) < 4.78 is 8.94. The quantitative estimate of drug-likeness (QED) is 0.317. The molecule has 0 spiro atoms. The molecule has 11 heavy (non-hydrogen) atoms. The molecule has 0 amide bonds. The van der Waals surface area contributed by atoms with E-state index in [0.717, 1.165) is 0 Å². The zero-order chi connectivity index (χ0) is 8.69. The molecule has 0 saturated carbocycles. The smallest absolute Gasteiger partial charge is 0.293 e. The Morgan fingerprint density at radius 1 is 1.36 bits per heavy atom. The fraction of sp³-hybridized carbons (Fsp3) is 0.143. The molecule has 0 aliphatic carbocycles. The van der Waals surface area contributed by atoms with Gasteiger partial charge >= 0.3 is 0 Å². The van der Waals surface area contributed by atoms with Crippen LogP contribution < -0.4 is 0 Å². The fourth-order valence-electron chi connectivity index (χ4n) is 0.366. The standard InChI is InChI=1S/C7H8O4/c1-6(3-8)11-7(2)4-10-5-9/h3,5H,1-2,4H2. The summed E-state index contributed by atoms with van der Waals surface area (Å²) in [4.78, 5) is 19.6. The second-order valence-electron chi connectivity index (χ2n) is 1.63. The van der Waals surface area contributed by atoms with Crippen molar-refractivity contribution in [3.05, 3.63) is 24.7 Å². The Bertz CT molecular complexity index is 183. The van der Waals surface area contributed by atoms with E-state index in [0.29, 0.717) is 6.29 Å².